The lowest BCUT2D eigenvalue weighted by molar-refractivity contribution is -0.148. The van der Waals surface area contributed by atoms with Crippen LogP contribution in [0.15, 0.2) is 24.3 Å². The zero-order valence-electron chi connectivity index (χ0n) is 18.3. The smallest absolute Gasteiger partial charge is 0.339 e. The van der Waals surface area contributed by atoms with Crippen molar-refractivity contribution in [2.45, 2.75) is 51.5 Å². The summed E-state index contributed by atoms with van der Waals surface area (Å²) < 4.78 is 43.8. The van der Waals surface area contributed by atoms with E-state index in [-0.39, 0.29) is 18.0 Å². The van der Waals surface area contributed by atoms with Crippen molar-refractivity contribution in [1.29, 1.82) is 0 Å². The summed E-state index contributed by atoms with van der Waals surface area (Å²) in [5, 5.41) is 8.71. The number of hydrogen-bond donors (Lipinski definition) is 0. The van der Waals surface area contributed by atoms with Crippen molar-refractivity contribution in [3.8, 4) is 0 Å². The maximum absolute atomic E-state index is 13.5. The SMILES string of the molecule is O=C(Cn1c(C(F)(F)F)nc2ccccc21)N1CCN(Cc2nnc3n2CCCCC3)CC1. The lowest BCUT2D eigenvalue weighted by Gasteiger charge is -2.34. The third kappa shape index (κ3) is 4.46. The van der Waals surface area contributed by atoms with Gasteiger partial charge in [0.25, 0.3) is 0 Å². The molecular weight excluding hydrogens is 435 g/mol. The third-order valence-electron chi connectivity index (χ3n) is 6.48. The van der Waals surface area contributed by atoms with Gasteiger partial charge >= 0.3 is 6.18 Å². The largest absolute Gasteiger partial charge is 0.449 e. The quantitative estimate of drug-likeness (QED) is 0.598. The number of hydrogen-bond acceptors (Lipinski definition) is 5. The third-order valence-corrected chi connectivity index (χ3v) is 6.48. The molecule has 0 radical (unpaired) electrons. The number of aryl methyl sites for hydroxylation is 1. The Morgan fingerprint density at radius 1 is 0.970 bits per heavy atom. The van der Waals surface area contributed by atoms with Crippen LogP contribution in [0.2, 0.25) is 0 Å². The molecule has 0 spiro atoms. The van der Waals surface area contributed by atoms with Gasteiger partial charge in [0.1, 0.15) is 18.2 Å². The summed E-state index contributed by atoms with van der Waals surface area (Å²) in [5.41, 5.74) is 0.541. The van der Waals surface area contributed by atoms with Gasteiger partial charge in [-0.05, 0) is 25.0 Å². The molecule has 11 heteroatoms. The van der Waals surface area contributed by atoms with E-state index < -0.39 is 12.0 Å². The van der Waals surface area contributed by atoms with Crippen molar-refractivity contribution in [3.63, 3.8) is 0 Å². The number of aromatic nitrogens is 5. The molecule has 176 valence electrons. The van der Waals surface area contributed by atoms with Crippen LogP contribution < -0.4 is 0 Å². The Kier molecular flexibility index (Phi) is 5.81. The molecule has 8 nitrogen and oxygen atoms in total. The fourth-order valence-electron chi connectivity index (χ4n) is 4.70. The molecule has 0 saturated carbocycles. The molecular formula is C22H26F3N7O. The number of amides is 1. The van der Waals surface area contributed by atoms with Gasteiger partial charge in [0.2, 0.25) is 11.7 Å². The molecule has 1 fully saturated rings. The molecule has 2 aromatic heterocycles. The van der Waals surface area contributed by atoms with E-state index in [9.17, 15) is 18.0 Å². The van der Waals surface area contributed by atoms with Crippen LogP contribution in [0.3, 0.4) is 0 Å². The highest BCUT2D eigenvalue weighted by Gasteiger charge is 2.38. The Balaban J connectivity index is 1.24. The number of nitrogens with zero attached hydrogens (tertiary/aromatic N) is 7. The second-order valence-corrected chi connectivity index (χ2v) is 8.66. The van der Waals surface area contributed by atoms with Gasteiger partial charge in [0.15, 0.2) is 0 Å². The second-order valence-electron chi connectivity index (χ2n) is 8.66. The number of para-hydroxylation sites is 2. The highest BCUT2D eigenvalue weighted by molar-refractivity contribution is 5.81. The summed E-state index contributed by atoms with van der Waals surface area (Å²) in [5.74, 6) is 0.624. The molecule has 0 unspecified atom stereocenters. The van der Waals surface area contributed by atoms with Gasteiger partial charge in [-0.15, -0.1) is 10.2 Å². The first kappa shape index (κ1) is 21.9. The number of carbonyl (C=O) groups is 1. The number of rotatable bonds is 4. The first-order chi connectivity index (χ1) is 15.9. The molecule has 2 aliphatic rings. The normalized spacial score (nSPS) is 17.8. The number of piperazine rings is 1. The molecule has 0 N–H and O–H groups in total. The van der Waals surface area contributed by atoms with E-state index in [1.165, 1.54) is 12.5 Å². The van der Waals surface area contributed by atoms with Gasteiger partial charge in [0.05, 0.1) is 17.6 Å². The maximum atomic E-state index is 13.5. The van der Waals surface area contributed by atoms with Crippen molar-refractivity contribution >= 4 is 16.9 Å². The summed E-state index contributed by atoms with van der Waals surface area (Å²) in [6, 6.07) is 6.37. The Bertz CT molecular complexity index is 1140. The average molecular weight is 461 g/mol. The van der Waals surface area contributed by atoms with Crippen LogP contribution >= 0.6 is 0 Å². The molecule has 3 aromatic rings. The summed E-state index contributed by atoms with van der Waals surface area (Å²) in [6.07, 6.45) is -0.206. The number of halogens is 3. The topological polar surface area (TPSA) is 72.1 Å². The first-order valence-corrected chi connectivity index (χ1v) is 11.3. The predicted molar refractivity (Wildman–Crippen MR) is 114 cm³/mol. The molecule has 4 heterocycles. The number of imidazole rings is 1. The molecule has 5 rings (SSSR count). The highest BCUT2D eigenvalue weighted by Crippen LogP contribution is 2.31. The fraction of sp³-hybridized carbons (Fsp3) is 0.545. The minimum atomic E-state index is -4.63. The summed E-state index contributed by atoms with van der Waals surface area (Å²) >= 11 is 0. The fourth-order valence-corrected chi connectivity index (χ4v) is 4.70. The van der Waals surface area contributed by atoms with Crippen molar-refractivity contribution in [2.24, 2.45) is 0 Å². The first-order valence-electron chi connectivity index (χ1n) is 11.3. The van der Waals surface area contributed by atoms with Crippen LogP contribution in [0.4, 0.5) is 13.2 Å². The number of fused-ring (bicyclic) bond motifs is 2. The highest BCUT2D eigenvalue weighted by atomic mass is 19.4. The lowest BCUT2D eigenvalue weighted by atomic mass is 10.2. The second kappa shape index (κ2) is 8.77. The van der Waals surface area contributed by atoms with Crippen LogP contribution in [0.5, 0.6) is 0 Å². The van der Waals surface area contributed by atoms with Crippen LogP contribution in [0.1, 0.15) is 36.7 Å². The van der Waals surface area contributed by atoms with Crippen LogP contribution in [-0.2, 0) is 37.0 Å². The van der Waals surface area contributed by atoms with E-state index in [1.54, 1.807) is 23.1 Å². The number of carbonyl (C=O) groups excluding carboxylic acids is 1. The van der Waals surface area contributed by atoms with Gasteiger partial charge in [-0.1, -0.05) is 18.6 Å². The van der Waals surface area contributed by atoms with E-state index in [0.717, 1.165) is 42.0 Å². The molecule has 1 amide bonds. The minimum Gasteiger partial charge on any atom is -0.339 e. The molecule has 1 saturated heterocycles. The molecule has 33 heavy (non-hydrogen) atoms. The number of benzene rings is 1. The Hall–Kier alpha value is -2.95. The average Bonchev–Trinajstić information content (AvgIpc) is 3.26. The van der Waals surface area contributed by atoms with Crippen molar-refractivity contribution in [3.05, 3.63) is 41.7 Å². The standard InChI is InChI=1S/C22H26F3N7O/c23-22(24,25)21-26-16-6-3-4-7-17(16)32(21)15-20(33)30-12-10-29(11-13-30)14-19-28-27-18-8-2-1-5-9-31(18)19/h3-4,6-7H,1-2,5,8-15H2. The zero-order chi connectivity index (χ0) is 23.0. The van der Waals surface area contributed by atoms with Crippen molar-refractivity contribution < 1.29 is 18.0 Å². The Morgan fingerprint density at radius 3 is 2.55 bits per heavy atom. The molecule has 1 aromatic carbocycles. The Labute approximate surface area is 189 Å². The van der Waals surface area contributed by atoms with E-state index in [0.29, 0.717) is 38.2 Å². The zero-order valence-corrected chi connectivity index (χ0v) is 18.3. The predicted octanol–water partition coefficient (Wildman–Crippen LogP) is 2.72. The van der Waals surface area contributed by atoms with E-state index in [1.807, 2.05) is 0 Å². The summed E-state index contributed by atoms with van der Waals surface area (Å²) in [7, 11) is 0. The molecule has 0 bridgehead atoms. The Morgan fingerprint density at radius 2 is 1.76 bits per heavy atom. The van der Waals surface area contributed by atoms with E-state index in [4.69, 9.17) is 0 Å². The van der Waals surface area contributed by atoms with Gasteiger partial charge in [-0.3, -0.25) is 9.69 Å². The molecule has 0 aliphatic carbocycles. The lowest BCUT2D eigenvalue weighted by Crippen LogP contribution is -2.49. The maximum Gasteiger partial charge on any atom is 0.449 e. The summed E-state index contributed by atoms with van der Waals surface area (Å²) in [4.78, 5) is 20.5. The van der Waals surface area contributed by atoms with Gasteiger partial charge in [-0.25, -0.2) is 4.98 Å². The van der Waals surface area contributed by atoms with E-state index >= 15 is 0 Å². The summed E-state index contributed by atoms with van der Waals surface area (Å²) in [6.45, 7) is 3.44. The van der Waals surface area contributed by atoms with Crippen LogP contribution in [-0.4, -0.2) is 66.2 Å². The number of alkyl halides is 3. The van der Waals surface area contributed by atoms with E-state index in [2.05, 4.69) is 24.6 Å². The minimum absolute atomic E-state index is 0.231. The van der Waals surface area contributed by atoms with Gasteiger partial charge in [-0.2, -0.15) is 13.2 Å². The van der Waals surface area contributed by atoms with Crippen LogP contribution in [0.25, 0.3) is 11.0 Å². The molecule has 0 atom stereocenters. The van der Waals surface area contributed by atoms with Crippen molar-refractivity contribution in [1.82, 2.24) is 34.1 Å². The molecule has 2 aliphatic heterocycles. The van der Waals surface area contributed by atoms with Crippen LogP contribution in [0, 0.1) is 0 Å². The van der Waals surface area contributed by atoms with Crippen molar-refractivity contribution in [2.75, 3.05) is 26.2 Å². The van der Waals surface area contributed by atoms with Gasteiger partial charge < -0.3 is 14.0 Å². The monoisotopic (exact) mass is 461 g/mol. The van der Waals surface area contributed by atoms with Gasteiger partial charge in [0, 0.05) is 39.1 Å².